The van der Waals surface area contributed by atoms with Crippen molar-refractivity contribution in [2.75, 3.05) is 39.1 Å². The summed E-state index contributed by atoms with van der Waals surface area (Å²) in [6.07, 6.45) is 1.66. The molecular formula is C24H32N4O6S2. The van der Waals surface area contributed by atoms with Crippen LogP contribution in [-0.2, 0) is 27.7 Å². The van der Waals surface area contributed by atoms with Gasteiger partial charge in [-0.2, -0.15) is 4.31 Å². The van der Waals surface area contributed by atoms with Crippen LogP contribution in [0.25, 0.3) is 0 Å². The first kappa shape index (κ1) is 27.6. The zero-order chi connectivity index (χ0) is 26.5. The number of hydrogen-bond acceptors (Lipinski definition) is 7. The Hall–Kier alpha value is -2.96. The van der Waals surface area contributed by atoms with E-state index in [4.69, 9.17) is 4.74 Å². The number of nitrogens with one attached hydrogen (secondary N) is 2. The van der Waals surface area contributed by atoms with Crippen LogP contribution < -0.4 is 10.6 Å². The van der Waals surface area contributed by atoms with Crippen molar-refractivity contribution in [3.63, 3.8) is 0 Å². The van der Waals surface area contributed by atoms with Gasteiger partial charge in [0.1, 0.15) is 5.00 Å². The average molecular weight is 537 g/mol. The minimum atomic E-state index is -3.65. The Morgan fingerprint density at radius 3 is 2.42 bits per heavy atom. The van der Waals surface area contributed by atoms with Gasteiger partial charge in [0.05, 0.1) is 24.1 Å². The van der Waals surface area contributed by atoms with Crippen molar-refractivity contribution in [3.8, 4) is 0 Å². The van der Waals surface area contributed by atoms with Crippen LogP contribution in [0.3, 0.4) is 0 Å². The first-order valence-electron chi connectivity index (χ1n) is 11.8. The number of benzene rings is 1. The second-order valence-corrected chi connectivity index (χ2v) is 11.3. The molecule has 10 nitrogen and oxygen atoms in total. The number of methoxy groups -OCH3 is 1. The summed E-state index contributed by atoms with van der Waals surface area (Å²) in [5.41, 5.74) is 1.43. The maximum atomic E-state index is 13.0. The second kappa shape index (κ2) is 11.8. The van der Waals surface area contributed by atoms with Gasteiger partial charge < -0.3 is 20.3 Å². The molecule has 1 aliphatic rings. The molecule has 0 fully saturated rings. The molecule has 3 amide bonds. The number of nitrogens with zero attached hydrogens (tertiary/aromatic N) is 2. The van der Waals surface area contributed by atoms with Crippen LogP contribution >= 0.6 is 11.3 Å². The number of unbranched alkanes of at least 4 members (excludes halogenated alkanes) is 1. The summed E-state index contributed by atoms with van der Waals surface area (Å²) < 4.78 is 32.1. The monoisotopic (exact) mass is 536 g/mol. The highest BCUT2D eigenvalue weighted by Gasteiger charge is 2.30. The number of carbonyl (C=O) groups is 3. The third-order valence-corrected chi connectivity index (χ3v) is 9.16. The molecule has 36 heavy (non-hydrogen) atoms. The Labute approximate surface area is 215 Å². The van der Waals surface area contributed by atoms with Gasteiger partial charge in [-0.25, -0.2) is 13.2 Å². The minimum absolute atomic E-state index is 0.123. The minimum Gasteiger partial charge on any atom is -0.453 e. The molecule has 0 bridgehead atoms. The van der Waals surface area contributed by atoms with Gasteiger partial charge in [0.15, 0.2) is 0 Å². The van der Waals surface area contributed by atoms with E-state index < -0.39 is 22.0 Å². The highest BCUT2D eigenvalue weighted by molar-refractivity contribution is 7.89. The van der Waals surface area contributed by atoms with Gasteiger partial charge in [0, 0.05) is 37.1 Å². The Morgan fingerprint density at radius 2 is 1.83 bits per heavy atom. The molecule has 0 unspecified atom stereocenters. The Morgan fingerprint density at radius 1 is 1.14 bits per heavy atom. The lowest BCUT2D eigenvalue weighted by molar-refractivity contribution is 0.0962. The Bertz CT molecular complexity index is 1220. The molecule has 2 aromatic rings. The zero-order valence-electron chi connectivity index (χ0n) is 20.9. The van der Waals surface area contributed by atoms with E-state index in [1.54, 1.807) is 6.92 Å². The fraction of sp³-hybridized carbons (Fsp3) is 0.458. The standard InChI is InChI=1S/C24H32N4O6S2/c1-5-7-13-28(6-2)36(32,33)17-10-8-16(9-11-17)21(29)26-23-20(22(30)25-3)18-12-14-27(24(31)34-4)15-19(18)35-23/h8-11H,5-7,12-15H2,1-4H3,(H,25,30)(H,26,29). The van der Waals surface area contributed by atoms with Crippen molar-refractivity contribution < 1.29 is 27.5 Å². The summed E-state index contributed by atoms with van der Waals surface area (Å²) in [5, 5.41) is 5.79. The topological polar surface area (TPSA) is 125 Å². The first-order chi connectivity index (χ1) is 17.2. The van der Waals surface area contributed by atoms with E-state index in [9.17, 15) is 22.8 Å². The molecule has 1 aromatic heterocycles. The largest absolute Gasteiger partial charge is 0.453 e. The molecule has 0 spiro atoms. The Balaban J connectivity index is 1.84. The van der Waals surface area contributed by atoms with Crippen LogP contribution in [0.5, 0.6) is 0 Å². The number of ether oxygens (including phenoxy) is 1. The molecule has 12 heteroatoms. The Kier molecular flexibility index (Phi) is 9.09. The van der Waals surface area contributed by atoms with Crippen molar-refractivity contribution in [1.82, 2.24) is 14.5 Å². The zero-order valence-corrected chi connectivity index (χ0v) is 22.6. The van der Waals surface area contributed by atoms with Crippen molar-refractivity contribution in [2.45, 2.75) is 44.6 Å². The van der Waals surface area contributed by atoms with E-state index >= 15 is 0 Å². The number of anilines is 1. The summed E-state index contributed by atoms with van der Waals surface area (Å²) in [6, 6.07) is 5.77. The van der Waals surface area contributed by atoms with E-state index in [1.165, 1.54) is 59.0 Å². The average Bonchev–Trinajstić information content (AvgIpc) is 3.24. The normalized spacial score (nSPS) is 13.3. The predicted octanol–water partition coefficient (Wildman–Crippen LogP) is 3.30. The molecular weight excluding hydrogens is 504 g/mol. The van der Waals surface area contributed by atoms with E-state index in [0.29, 0.717) is 36.6 Å². The first-order valence-corrected chi connectivity index (χ1v) is 14.0. The molecule has 1 aromatic carbocycles. The lowest BCUT2D eigenvalue weighted by Crippen LogP contribution is -2.35. The van der Waals surface area contributed by atoms with Gasteiger partial charge in [-0.15, -0.1) is 11.3 Å². The molecule has 2 N–H and O–H groups in total. The third kappa shape index (κ3) is 5.71. The van der Waals surface area contributed by atoms with Crippen molar-refractivity contribution in [2.24, 2.45) is 0 Å². The third-order valence-electron chi connectivity index (χ3n) is 6.04. The van der Waals surface area contributed by atoms with Gasteiger partial charge in [-0.05, 0) is 42.7 Å². The van der Waals surface area contributed by atoms with E-state index in [-0.39, 0.29) is 22.9 Å². The highest BCUT2D eigenvalue weighted by Crippen LogP contribution is 2.37. The van der Waals surface area contributed by atoms with Gasteiger partial charge in [0.2, 0.25) is 10.0 Å². The maximum Gasteiger partial charge on any atom is 0.409 e. The fourth-order valence-electron chi connectivity index (χ4n) is 4.03. The second-order valence-electron chi connectivity index (χ2n) is 8.26. The highest BCUT2D eigenvalue weighted by atomic mass is 32.2. The molecule has 0 atom stereocenters. The lowest BCUT2D eigenvalue weighted by Gasteiger charge is -2.25. The number of thiophene rings is 1. The van der Waals surface area contributed by atoms with Gasteiger partial charge in [0.25, 0.3) is 11.8 Å². The quantitative estimate of drug-likeness (QED) is 0.507. The van der Waals surface area contributed by atoms with Crippen LogP contribution in [0.4, 0.5) is 9.80 Å². The van der Waals surface area contributed by atoms with Crippen LogP contribution in [-0.4, -0.2) is 69.3 Å². The fourth-order valence-corrected chi connectivity index (χ4v) is 6.77. The number of carbonyl (C=O) groups excluding carboxylic acids is 3. The molecule has 3 rings (SSSR count). The summed E-state index contributed by atoms with van der Waals surface area (Å²) >= 11 is 1.24. The van der Waals surface area contributed by atoms with Crippen LogP contribution in [0.1, 0.15) is 57.8 Å². The van der Waals surface area contributed by atoms with Gasteiger partial charge in [-0.1, -0.05) is 20.3 Å². The summed E-state index contributed by atoms with van der Waals surface area (Å²) in [4.78, 5) is 40.1. The molecule has 0 saturated carbocycles. The molecule has 0 saturated heterocycles. The number of rotatable bonds is 9. The van der Waals surface area contributed by atoms with Crippen molar-refractivity contribution >= 4 is 44.3 Å². The van der Waals surface area contributed by atoms with Crippen LogP contribution in [0.2, 0.25) is 0 Å². The van der Waals surface area contributed by atoms with Gasteiger partial charge in [-0.3, -0.25) is 9.59 Å². The summed E-state index contributed by atoms with van der Waals surface area (Å²) in [6.45, 7) is 5.29. The maximum absolute atomic E-state index is 13.0. The SMILES string of the molecule is CCCCN(CC)S(=O)(=O)c1ccc(C(=O)Nc2sc3c(c2C(=O)NC)CCN(C(=O)OC)C3)cc1. The number of amides is 3. The smallest absolute Gasteiger partial charge is 0.409 e. The summed E-state index contributed by atoms with van der Waals surface area (Å²) in [7, 11) is -0.825. The van der Waals surface area contributed by atoms with Crippen molar-refractivity contribution in [3.05, 3.63) is 45.8 Å². The molecule has 1 aliphatic heterocycles. The van der Waals surface area contributed by atoms with Crippen LogP contribution in [0.15, 0.2) is 29.2 Å². The number of fused-ring (bicyclic) bond motifs is 1. The molecule has 196 valence electrons. The molecule has 2 heterocycles. The molecule has 0 aliphatic carbocycles. The van der Waals surface area contributed by atoms with E-state index in [0.717, 1.165) is 23.3 Å². The van der Waals surface area contributed by atoms with Gasteiger partial charge >= 0.3 is 6.09 Å². The number of sulfonamides is 1. The van der Waals surface area contributed by atoms with Crippen molar-refractivity contribution in [1.29, 1.82) is 0 Å². The van der Waals surface area contributed by atoms with Crippen LogP contribution in [0, 0.1) is 0 Å². The predicted molar refractivity (Wildman–Crippen MR) is 138 cm³/mol. The molecule has 0 radical (unpaired) electrons. The lowest BCUT2D eigenvalue weighted by atomic mass is 10.0. The summed E-state index contributed by atoms with van der Waals surface area (Å²) in [5.74, 6) is -0.798. The van der Waals surface area contributed by atoms with E-state index in [2.05, 4.69) is 10.6 Å². The number of hydrogen-bond donors (Lipinski definition) is 2. The van der Waals surface area contributed by atoms with E-state index in [1.807, 2.05) is 6.92 Å².